The molecule has 1 atom stereocenters. The number of sulfonamides is 1. The summed E-state index contributed by atoms with van der Waals surface area (Å²) in [5.41, 5.74) is 2.14. The summed E-state index contributed by atoms with van der Waals surface area (Å²) in [4.78, 5) is 28.6. The summed E-state index contributed by atoms with van der Waals surface area (Å²) >= 11 is 12.3. The van der Waals surface area contributed by atoms with Crippen LogP contribution in [0.5, 0.6) is 0 Å². The van der Waals surface area contributed by atoms with Crippen molar-refractivity contribution < 1.29 is 18.0 Å². The lowest BCUT2D eigenvalue weighted by atomic mass is 10.1. The van der Waals surface area contributed by atoms with Crippen LogP contribution in [0.1, 0.15) is 44.4 Å². The fourth-order valence-electron chi connectivity index (χ4n) is 4.21. The Kier molecular flexibility index (Phi) is 9.93. The van der Waals surface area contributed by atoms with Crippen LogP contribution in [0.3, 0.4) is 0 Å². The van der Waals surface area contributed by atoms with Crippen LogP contribution in [-0.4, -0.2) is 43.3 Å². The van der Waals surface area contributed by atoms with Gasteiger partial charge in [0.1, 0.15) is 12.6 Å². The van der Waals surface area contributed by atoms with Gasteiger partial charge >= 0.3 is 0 Å². The van der Waals surface area contributed by atoms with Gasteiger partial charge in [0.2, 0.25) is 11.8 Å². The first-order valence-electron chi connectivity index (χ1n) is 12.8. The van der Waals surface area contributed by atoms with Crippen molar-refractivity contribution in [3.63, 3.8) is 0 Å². The third kappa shape index (κ3) is 7.77. The van der Waals surface area contributed by atoms with E-state index in [9.17, 15) is 18.0 Å². The van der Waals surface area contributed by atoms with E-state index in [1.54, 1.807) is 62.4 Å². The molecule has 1 N–H and O–H groups in total. The Balaban J connectivity index is 2.07. The predicted molar refractivity (Wildman–Crippen MR) is 161 cm³/mol. The summed E-state index contributed by atoms with van der Waals surface area (Å²) in [5, 5.41) is 3.57. The lowest BCUT2D eigenvalue weighted by molar-refractivity contribution is -0.140. The molecule has 0 aliphatic carbocycles. The van der Waals surface area contributed by atoms with Crippen molar-refractivity contribution in [2.45, 2.75) is 64.6 Å². The second-order valence-electron chi connectivity index (χ2n) is 10.8. The first-order valence-corrected chi connectivity index (χ1v) is 15.0. The molecule has 40 heavy (non-hydrogen) atoms. The van der Waals surface area contributed by atoms with Crippen molar-refractivity contribution in [3.05, 3.63) is 93.5 Å². The standard InChI is InChI=1S/C30H35Cl2N3O4S/c1-20-12-15-27(21(2)16-20)35(40(38,39)24-10-8-7-9-11-24)19-28(36)34(22(3)29(37)33-30(4,5)6)18-23-13-14-25(31)26(32)17-23/h7-17,22H,18-19H2,1-6H3,(H,33,37)/t22-/m0/s1. The van der Waals surface area contributed by atoms with Crippen LogP contribution in [0.4, 0.5) is 5.69 Å². The number of benzene rings is 3. The molecule has 7 nitrogen and oxygen atoms in total. The van der Waals surface area contributed by atoms with Crippen LogP contribution in [0.25, 0.3) is 0 Å². The van der Waals surface area contributed by atoms with Crippen molar-refractivity contribution >= 4 is 50.7 Å². The van der Waals surface area contributed by atoms with Gasteiger partial charge < -0.3 is 10.2 Å². The number of hydrogen-bond donors (Lipinski definition) is 1. The number of nitrogens with zero attached hydrogens (tertiary/aromatic N) is 2. The van der Waals surface area contributed by atoms with Crippen LogP contribution in [0.2, 0.25) is 10.0 Å². The zero-order valence-corrected chi connectivity index (χ0v) is 25.9. The fourth-order valence-corrected chi connectivity index (χ4v) is 6.03. The molecule has 0 radical (unpaired) electrons. The van der Waals surface area contributed by atoms with E-state index in [4.69, 9.17) is 23.2 Å². The average molecular weight is 605 g/mol. The smallest absolute Gasteiger partial charge is 0.264 e. The molecule has 2 amide bonds. The second kappa shape index (κ2) is 12.6. The van der Waals surface area contributed by atoms with Crippen LogP contribution in [-0.2, 0) is 26.2 Å². The summed E-state index contributed by atoms with van der Waals surface area (Å²) in [6, 6.07) is 17.4. The maximum atomic E-state index is 14.0. The van der Waals surface area contributed by atoms with E-state index in [1.807, 2.05) is 33.8 Å². The van der Waals surface area contributed by atoms with Crippen LogP contribution >= 0.6 is 23.2 Å². The van der Waals surface area contributed by atoms with E-state index in [2.05, 4.69) is 5.32 Å². The third-order valence-electron chi connectivity index (χ3n) is 6.23. The molecule has 0 saturated carbocycles. The highest BCUT2D eigenvalue weighted by molar-refractivity contribution is 7.92. The van der Waals surface area contributed by atoms with Crippen molar-refractivity contribution in [2.24, 2.45) is 0 Å². The molecule has 0 saturated heterocycles. The zero-order chi connectivity index (χ0) is 29.8. The molecule has 0 aliphatic rings. The number of nitrogens with one attached hydrogen (secondary N) is 1. The van der Waals surface area contributed by atoms with Gasteiger partial charge in [-0.05, 0) is 83.0 Å². The molecule has 3 aromatic carbocycles. The van der Waals surface area contributed by atoms with Gasteiger partial charge in [-0.15, -0.1) is 0 Å². The molecular weight excluding hydrogens is 569 g/mol. The van der Waals surface area contributed by atoms with Gasteiger partial charge in [-0.2, -0.15) is 0 Å². The lowest BCUT2D eigenvalue weighted by Crippen LogP contribution is -2.54. The summed E-state index contributed by atoms with van der Waals surface area (Å²) in [5.74, 6) is -0.924. The maximum Gasteiger partial charge on any atom is 0.264 e. The maximum absolute atomic E-state index is 14.0. The Morgan fingerprint density at radius 1 is 0.925 bits per heavy atom. The molecule has 0 bridgehead atoms. The zero-order valence-electron chi connectivity index (χ0n) is 23.5. The van der Waals surface area contributed by atoms with Crippen molar-refractivity contribution in [1.29, 1.82) is 0 Å². The minimum atomic E-state index is -4.13. The molecule has 0 heterocycles. The topological polar surface area (TPSA) is 86.8 Å². The van der Waals surface area contributed by atoms with Crippen molar-refractivity contribution in [3.8, 4) is 0 Å². The predicted octanol–water partition coefficient (Wildman–Crippen LogP) is 6.14. The second-order valence-corrected chi connectivity index (χ2v) is 13.5. The monoisotopic (exact) mass is 603 g/mol. The lowest BCUT2D eigenvalue weighted by Gasteiger charge is -2.34. The van der Waals surface area contributed by atoms with Gasteiger partial charge in [-0.3, -0.25) is 13.9 Å². The van der Waals surface area contributed by atoms with Gasteiger partial charge in [0.15, 0.2) is 0 Å². The molecule has 214 valence electrons. The molecule has 10 heteroatoms. The first-order chi connectivity index (χ1) is 18.6. The number of carbonyl (C=O) groups is 2. The van der Waals surface area contributed by atoms with Crippen LogP contribution in [0.15, 0.2) is 71.6 Å². The number of amides is 2. The van der Waals surface area contributed by atoms with Crippen molar-refractivity contribution in [1.82, 2.24) is 10.2 Å². The van der Waals surface area contributed by atoms with E-state index < -0.39 is 34.1 Å². The number of halogens is 2. The quantitative estimate of drug-likeness (QED) is 0.318. The first kappa shape index (κ1) is 31.5. The minimum Gasteiger partial charge on any atom is -0.350 e. The molecule has 3 aromatic rings. The van der Waals surface area contributed by atoms with Crippen LogP contribution < -0.4 is 9.62 Å². The highest BCUT2D eigenvalue weighted by Gasteiger charge is 2.34. The Hall–Kier alpha value is -3.07. The molecule has 0 fully saturated rings. The largest absolute Gasteiger partial charge is 0.350 e. The number of rotatable bonds is 9. The highest BCUT2D eigenvalue weighted by Crippen LogP contribution is 2.29. The number of aryl methyl sites for hydroxylation is 2. The highest BCUT2D eigenvalue weighted by atomic mass is 35.5. The Labute approximate surface area is 247 Å². The van der Waals surface area contributed by atoms with E-state index >= 15 is 0 Å². The van der Waals surface area contributed by atoms with E-state index in [-0.39, 0.29) is 17.3 Å². The summed E-state index contributed by atoms with van der Waals surface area (Å²) in [7, 11) is -4.13. The number of hydrogen-bond acceptors (Lipinski definition) is 4. The summed E-state index contributed by atoms with van der Waals surface area (Å²) in [6.45, 7) is 10.4. The Morgan fingerprint density at radius 2 is 1.57 bits per heavy atom. The SMILES string of the molecule is Cc1ccc(N(CC(=O)N(Cc2ccc(Cl)c(Cl)c2)[C@@H](C)C(=O)NC(C)(C)C)S(=O)(=O)c2ccccc2)c(C)c1. The summed E-state index contributed by atoms with van der Waals surface area (Å²) in [6.07, 6.45) is 0. The van der Waals surface area contributed by atoms with Gasteiger partial charge in [-0.25, -0.2) is 8.42 Å². The molecular formula is C30H35Cl2N3O4S. The van der Waals surface area contributed by atoms with Gasteiger partial charge in [0.25, 0.3) is 10.0 Å². The van der Waals surface area contributed by atoms with Gasteiger partial charge in [0.05, 0.1) is 20.6 Å². The minimum absolute atomic E-state index is 0.0144. The van der Waals surface area contributed by atoms with Gasteiger partial charge in [0, 0.05) is 12.1 Å². The van der Waals surface area contributed by atoms with E-state index in [0.717, 1.165) is 9.87 Å². The number of anilines is 1. The third-order valence-corrected chi connectivity index (χ3v) is 8.75. The molecule has 3 rings (SSSR count). The molecule has 0 aromatic heterocycles. The van der Waals surface area contributed by atoms with Gasteiger partial charge in [-0.1, -0.05) is 65.2 Å². The van der Waals surface area contributed by atoms with E-state index in [1.165, 1.54) is 17.0 Å². The van der Waals surface area contributed by atoms with Crippen molar-refractivity contribution in [2.75, 3.05) is 10.8 Å². The van der Waals surface area contributed by atoms with Crippen LogP contribution in [0, 0.1) is 13.8 Å². The fraction of sp³-hybridized carbons (Fsp3) is 0.333. The molecule has 0 unspecified atom stereocenters. The number of carbonyl (C=O) groups excluding carboxylic acids is 2. The average Bonchev–Trinajstić information content (AvgIpc) is 2.87. The Morgan fingerprint density at radius 3 is 2.15 bits per heavy atom. The molecule has 0 spiro atoms. The molecule has 0 aliphatic heterocycles. The van der Waals surface area contributed by atoms with E-state index in [0.29, 0.717) is 26.9 Å². The normalized spacial score (nSPS) is 12.5. The summed E-state index contributed by atoms with van der Waals surface area (Å²) < 4.78 is 28.9. The Bertz CT molecular complexity index is 1490.